The summed E-state index contributed by atoms with van der Waals surface area (Å²) in [5.41, 5.74) is 0.742. The number of hydrogen-bond donors (Lipinski definition) is 1. The molecule has 5 heteroatoms. The summed E-state index contributed by atoms with van der Waals surface area (Å²) in [6, 6.07) is 6.47. The van der Waals surface area contributed by atoms with E-state index in [1.807, 2.05) is 12.1 Å². The molecule has 1 aromatic carbocycles. The number of amides is 1. The number of benzene rings is 1. The molecule has 1 amide bonds. The number of hydrogen-bond acceptors (Lipinski definition) is 2. The molecule has 1 heterocycles. The van der Waals surface area contributed by atoms with Gasteiger partial charge in [0, 0.05) is 17.6 Å². The van der Waals surface area contributed by atoms with Crippen molar-refractivity contribution in [2.24, 2.45) is 0 Å². The maximum absolute atomic E-state index is 12.1. The molecule has 0 saturated carbocycles. The van der Waals surface area contributed by atoms with Crippen LogP contribution in [0.25, 0.3) is 6.08 Å². The summed E-state index contributed by atoms with van der Waals surface area (Å²) < 4.78 is 0. The third kappa shape index (κ3) is 3.39. The van der Waals surface area contributed by atoms with Gasteiger partial charge in [0.25, 0.3) is 0 Å². The van der Waals surface area contributed by atoms with Crippen LogP contribution in [0.3, 0.4) is 0 Å². The Morgan fingerprint density at radius 1 is 1.30 bits per heavy atom. The number of carbonyl (C=O) groups is 2. The highest BCUT2D eigenvalue weighted by Gasteiger charge is 2.30. The molecular weight excluding hydrogens is 278 g/mol. The smallest absolute Gasteiger partial charge is 0.326 e. The fourth-order valence-corrected chi connectivity index (χ4v) is 2.52. The number of carboxylic acids is 1. The summed E-state index contributed by atoms with van der Waals surface area (Å²) in [5, 5.41) is 9.71. The number of nitrogens with zero attached hydrogens (tertiary/aromatic N) is 1. The van der Waals surface area contributed by atoms with E-state index in [4.69, 9.17) is 16.7 Å². The van der Waals surface area contributed by atoms with Crippen molar-refractivity contribution in [1.29, 1.82) is 0 Å². The van der Waals surface area contributed by atoms with Gasteiger partial charge in [0.05, 0.1) is 0 Å². The molecule has 4 nitrogen and oxygen atoms in total. The van der Waals surface area contributed by atoms with Crippen LogP contribution in [-0.4, -0.2) is 34.5 Å². The van der Waals surface area contributed by atoms with Crippen molar-refractivity contribution in [1.82, 2.24) is 4.90 Å². The minimum Gasteiger partial charge on any atom is -0.480 e. The van der Waals surface area contributed by atoms with E-state index in [9.17, 15) is 9.59 Å². The quantitative estimate of drug-likeness (QED) is 0.872. The Labute approximate surface area is 122 Å². The highest BCUT2D eigenvalue weighted by Crippen LogP contribution is 2.19. The summed E-state index contributed by atoms with van der Waals surface area (Å²) in [7, 11) is 0. The Balaban J connectivity index is 2.10. The lowest BCUT2D eigenvalue weighted by Gasteiger charge is -2.32. The van der Waals surface area contributed by atoms with Crippen LogP contribution in [0.1, 0.15) is 24.8 Å². The Hall–Kier alpha value is -1.81. The van der Waals surface area contributed by atoms with Crippen LogP contribution in [0.15, 0.2) is 30.3 Å². The molecule has 2 rings (SSSR count). The first-order valence-corrected chi connectivity index (χ1v) is 6.93. The van der Waals surface area contributed by atoms with Gasteiger partial charge < -0.3 is 10.0 Å². The van der Waals surface area contributed by atoms with Gasteiger partial charge in [-0.25, -0.2) is 4.79 Å². The van der Waals surface area contributed by atoms with E-state index < -0.39 is 12.0 Å². The zero-order valence-corrected chi connectivity index (χ0v) is 11.7. The van der Waals surface area contributed by atoms with Crippen molar-refractivity contribution in [3.63, 3.8) is 0 Å². The largest absolute Gasteiger partial charge is 0.480 e. The zero-order valence-electron chi connectivity index (χ0n) is 11.0. The fraction of sp³-hybridized carbons (Fsp3) is 0.333. The number of rotatable bonds is 3. The molecule has 0 aromatic heterocycles. The first-order chi connectivity index (χ1) is 9.59. The van der Waals surface area contributed by atoms with Crippen LogP contribution in [0.4, 0.5) is 0 Å². The Kier molecular flexibility index (Phi) is 4.79. The third-order valence-electron chi connectivity index (χ3n) is 3.38. The molecule has 20 heavy (non-hydrogen) atoms. The maximum atomic E-state index is 12.1. The topological polar surface area (TPSA) is 57.6 Å². The molecular formula is C15H16ClNO3. The van der Waals surface area contributed by atoms with E-state index in [2.05, 4.69) is 0 Å². The van der Waals surface area contributed by atoms with Crippen LogP contribution >= 0.6 is 11.6 Å². The Bertz CT molecular complexity index is 542. The molecule has 0 spiro atoms. The molecule has 0 aliphatic carbocycles. The number of carboxylic acid groups (broad SMARTS) is 1. The number of likely N-dealkylation sites (tertiary alicyclic amines) is 1. The van der Waals surface area contributed by atoms with Gasteiger partial charge in [-0.2, -0.15) is 0 Å². The lowest BCUT2D eigenvalue weighted by atomic mass is 10.0. The SMILES string of the molecule is O=C(O)[C@@H]1CCCCN1C(=O)C=Cc1ccccc1Cl. The van der Waals surface area contributed by atoms with Gasteiger partial charge in [-0.3, -0.25) is 4.79 Å². The summed E-state index contributed by atoms with van der Waals surface area (Å²) in [6.45, 7) is 0.489. The number of piperidine rings is 1. The molecule has 0 unspecified atom stereocenters. The zero-order chi connectivity index (χ0) is 14.5. The normalized spacial score (nSPS) is 19.2. The van der Waals surface area contributed by atoms with Crippen molar-refractivity contribution in [2.45, 2.75) is 25.3 Å². The van der Waals surface area contributed by atoms with E-state index in [-0.39, 0.29) is 5.91 Å². The predicted molar refractivity (Wildman–Crippen MR) is 77.5 cm³/mol. The van der Waals surface area contributed by atoms with Crippen LogP contribution in [0.5, 0.6) is 0 Å². The van der Waals surface area contributed by atoms with Gasteiger partial charge in [0.1, 0.15) is 6.04 Å². The van der Waals surface area contributed by atoms with Crippen molar-refractivity contribution in [3.05, 3.63) is 40.9 Å². The number of halogens is 1. The van der Waals surface area contributed by atoms with Crippen molar-refractivity contribution in [2.75, 3.05) is 6.54 Å². The molecule has 1 N–H and O–H groups in total. The van der Waals surface area contributed by atoms with E-state index in [0.717, 1.165) is 18.4 Å². The monoisotopic (exact) mass is 293 g/mol. The minimum atomic E-state index is -0.941. The lowest BCUT2D eigenvalue weighted by molar-refractivity contribution is -0.150. The number of carbonyl (C=O) groups excluding carboxylic acids is 1. The first-order valence-electron chi connectivity index (χ1n) is 6.55. The summed E-state index contributed by atoms with van der Waals surface area (Å²) in [6.07, 6.45) is 5.21. The molecule has 1 aliphatic heterocycles. The average Bonchev–Trinajstić information content (AvgIpc) is 2.46. The van der Waals surface area contributed by atoms with Crippen LogP contribution in [0, 0.1) is 0 Å². The Morgan fingerprint density at radius 2 is 2.05 bits per heavy atom. The van der Waals surface area contributed by atoms with E-state index in [1.54, 1.807) is 18.2 Å². The molecule has 1 atom stereocenters. The van der Waals surface area contributed by atoms with Gasteiger partial charge in [0.2, 0.25) is 5.91 Å². The summed E-state index contributed by atoms with van der Waals surface area (Å²) >= 11 is 6.00. The first kappa shape index (κ1) is 14.6. The van der Waals surface area contributed by atoms with Crippen LogP contribution in [0.2, 0.25) is 5.02 Å². The molecule has 106 valence electrons. The van der Waals surface area contributed by atoms with Gasteiger partial charge >= 0.3 is 5.97 Å². The molecule has 0 radical (unpaired) electrons. The minimum absolute atomic E-state index is 0.281. The highest BCUT2D eigenvalue weighted by atomic mass is 35.5. The van der Waals surface area contributed by atoms with Crippen molar-refractivity contribution < 1.29 is 14.7 Å². The lowest BCUT2D eigenvalue weighted by Crippen LogP contribution is -2.47. The van der Waals surface area contributed by atoms with Crippen LogP contribution < -0.4 is 0 Å². The fourth-order valence-electron chi connectivity index (χ4n) is 2.32. The highest BCUT2D eigenvalue weighted by molar-refractivity contribution is 6.32. The third-order valence-corrected chi connectivity index (χ3v) is 3.73. The average molecular weight is 294 g/mol. The predicted octanol–water partition coefficient (Wildman–Crippen LogP) is 2.82. The van der Waals surface area contributed by atoms with Crippen molar-refractivity contribution in [3.8, 4) is 0 Å². The number of aliphatic carboxylic acids is 1. The maximum Gasteiger partial charge on any atom is 0.326 e. The molecule has 1 saturated heterocycles. The Morgan fingerprint density at radius 3 is 2.75 bits per heavy atom. The van der Waals surface area contributed by atoms with E-state index in [1.165, 1.54) is 11.0 Å². The van der Waals surface area contributed by atoms with Crippen molar-refractivity contribution >= 4 is 29.6 Å². The molecule has 1 aliphatic rings. The molecule has 0 bridgehead atoms. The van der Waals surface area contributed by atoms with Gasteiger partial charge in [-0.15, -0.1) is 0 Å². The second kappa shape index (κ2) is 6.57. The van der Waals surface area contributed by atoms with Gasteiger partial charge in [0.15, 0.2) is 0 Å². The molecule has 1 fully saturated rings. The van der Waals surface area contributed by atoms with E-state index in [0.29, 0.717) is 18.0 Å². The van der Waals surface area contributed by atoms with E-state index >= 15 is 0 Å². The summed E-state index contributed by atoms with van der Waals surface area (Å²) in [5.74, 6) is -1.22. The second-order valence-electron chi connectivity index (χ2n) is 4.74. The second-order valence-corrected chi connectivity index (χ2v) is 5.14. The summed E-state index contributed by atoms with van der Waals surface area (Å²) in [4.78, 5) is 24.7. The van der Waals surface area contributed by atoms with Crippen LogP contribution in [-0.2, 0) is 9.59 Å². The standard InChI is InChI=1S/C15H16ClNO3/c16-12-6-2-1-5-11(12)8-9-14(18)17-10-4-3-7-13(17)15(19)20/h1-2,5-6,8-9,13H,3-4,7,10H2,(H,19,20)/t13-/m0/s1. The van der Waals surface area contributed by atoms with Gasteiger partial charge in [-0.05, 0) is 37.0 Å². The molecule has 1 aromatic rings. The van der Waals surface area contributed by atoms with Gasteiger partial charge in [-0.1, -0.05) is 29.8 Å².